The smallest absolute Gasteiger partial charge is 0.275 e. The zero-order chi connectivity index (χ0) is 19.7. The standard InChI is InChI=1S/C23H29N3O2/c1-16-8-5-9-18(17(16)2)24-22(27)13-7-15-26-20-11-4-3-10-19(20)25-14-6-12-21(25)23(26)28/h3-4,6,10-12,14,16-18H,5,7-9,13,15H2,1-2H3,(H,24,27)/t16-,17-,18-/m1/s1. The van der Waals surface area contributed by atoms with E-state index in [0.29, 0.717) is 36.7 Å². The minimum absolute atomic E-state index is 0.00108. The minimum atomic E-state index is -0.00108. The van der Waals surface area contributed by atoms with E-state index in [4.69, 9.17) is 0 Å². The summed E-state index contributed by atoms with van der Waals surface area (Å²) in [7, 11) is 0. The first-order valence-corrected chi connectivity index (χ1v) is 10.4. The van der Waals surface area contributed by atoms with E-state index in [2.05, 4.69) is 19.2 Å². The highest BCUT2D eigenvalue weighted by Crippen LogP contribution is 2.29. The number of fused-ring (bicyclic) bond motifs is 3. The molecule has 2 aromatic heterocycles. The Morgan fingerprint density at radius 3 is 2.64 bits per heavy atom. The van der Waals surface area contributed by atoms with Gasteiger partial charge in [-0.25, -0.2) is 0 Å². The van der Waals surface area contributed by atoms with E-state index in [0.717, 1.165) is 17.5 Å². The second-order valence-corrected chi connectivity index (χ2v) is 8.25. The molecule has 0 spiro atoms. The average molecular weight is 380 g/mol. The van der Waals surface area contributed by atoms with E-state index in [1.165, 1.54) is 12.8 Å². The maximum absolute atomic E-state index is 12.9. The Bertz CT molecular complexity index is 1050. The highest BCUT2D eigenvalue weighted by molar-refractivity contribution is 5.79. The normalized spacial score (nSPS) is 22.6. The van der Waals surface area contributed by atoms with Crippen molar-refractivity contribution in [2.45, 2.75) is 58.5 Å². The molecule has 1 N–H and O–H groups in total. The van der Waals surface area contributed by atoms with Crippen molar-refractivity contribution in [1.29, 1.82) is 0 Å². The molecule has 1 amide bonds. The van der Waals surface area contributed by atoms with Crippen LogP contribution in [-0.2, 0) is 11.3 Å². The molecule has 0 bridgehead atoms. The van der Waals surface area contributed by atoms with Crippen LogP contribution in [0.5, 0.6) is 0 Å². The van der Waals surface area contributed by atoms with Crippen LogP contribution in [0.4, 0.5) is 0 Å². The Morgan fingerprint density at radius 2 is 1.82 bits per heavy atom. The Morgan fingerprint density at radius 1 is 1.07 bits per heavy atom. The van der Waals surface area contributed by atoms with Crippen LogP contribution in [0.15, 0.2) is 47.4 Å². The van der Waals surface area contributed by atoms with Crippen LogP contribution in [-0.4, -0.2) is 20.9 Å². The number of amides is 1. The van der Waals surface area contributed by atoms with Crippen LogP contribution in [0.25, 0.3) is 16.6 Å². The third kappa shape index (κ3) is 3.46. The molecule has 5 nitrogen and oxygen atoms in total. The van der Waals surface area contributed by atoms with Crippen LogP contribution in [0, 0.1) is 11.8 Å². The van der Waals surface area contributed by atoms with E-state index in [1.807, 2.05) is 51.6 Å². The summed E-state index contributed by atoms with van der Waals surface area (Å²) in [6.45, 7) is 5.07. The second-order valence-electron chi connectivity index (χ2n) is 8.25. The molecule has 0 radical (unpaired) electrons. The number of hydrogen-bond donors (Lipinski definition) is 1. The van der Waals surface area contributed by atoms with Crippen molar-refractivity contribution in [2.75, 3.05) is 0 Å². The Balaban J connectivity index is 1.46. The molecule has 0 saturated heterocycles. The summed E-state index contributed by atoms with van der Waals surface area (Å²) in [6.07, 6.45) is 6.55. The molecule has 3 atom stereocenters. The molecule has 28 heavy (non-hydrogen) atoms. The lowest BCUT2D eigenvalue weighted by molar-refractivity contribution is -0.122. The Hall–Kier alpha value is -2.56. The third-order valence-corrected chi connectivity index (χ3v) is 6.48. The number of aromatic nitrogens is 2. The summed E-state index contributed by atoms with van der Waals surface area (Å²) < 4.78 is 3.75. The van der Waals surface area contributed by atoms with Gasteiger partial charge in [0, 0.05) is 25.2 Å². The number of hydrogen-bond acceptors (Lipinski definition) is 2. The second kappa shape index (κ2) is 7.82. The van der Waals surface area contributed by atoms with Gasteiger partial charge in [0.1, 0.15) is 5.52 Å². The highest BCUT2D eigenvalue weighted by Gasteiger charge is 2.27. The first kappa shape index (κ1) is 18.8. The fourth-order valence-corrected chi connectivity index (χ4v) is 4.59. The zero-order valence-corrected chi connectivity index (χ0v) is 16.7. The topological polar surface area (TPSA) is 55.5 Å². The predicted molar refractivity (Wildman–Crippen MR) is 113 cm³/mol. The van der Waals surface area contributed by atoms with Crippen molar-refractivity contribution < 1.29 is 4.79 Å². The number of carbonyl (C=O) groups is 1. The molecule has 1 fully saturated rings. The molecule has 0 aliphatic heterocycles. The fraction of sp³-hybridized carbons (Fsp3) is 0.478. The summed E-state index contributed by atoms with van der Waals surface area (Å²) >= 11 is 0. The van der Waals surface area contributed by atoms with E-state index in [-0.39, 0.29) is 17.5 Å². The molecular formula is C23H29N3O2. The van der Waals surface area contributed by atoms with E-state index in [1.54, 1.807) is 0 Å². The van der Waals surface area contributed by atoms with Gasteiger partial charge in [0.25, 0.3) is 5.56 Å². The first-order valence-electron chi connectivity index (χ1n) is 10.4. The fourth-order valence-electron chi connectivity index (χ4n) is 4.59. The molecule has 2 heterocycles. The first-order chi connectivity index (χ1) is 13.6. The van der Waals surface area contributed by atoms with Crippen LogP contribution >= 0.6 is 0 Å². The van der Waals surface area contributed by atoms with E-state index in [9.17, 15) is 9.59 Å². The maximum Gasteiger partial charge on any atom is 0.275 e. The van der Waals surface area contributed by atoms with Gasteiger partial charge >= 0.3 is 0 Å². The number of carbonyl (C=O) groups excluding carboxylic acids is 1. The van der Waals surface area contributed by atoms with Crippen LogP contribution < -0.4 is 10.9 Å². The van der Waals surface area contributed by atoms with Gasteiger partial charge in [-0.2, -0.15) is 0 Å². The SMILES string of the molecule is C[C@@H]1[C@H](C)CCC[C@H]1NC(=O)CCCn1c(=O)c2cccn2c2ccccc21. The molecule has 5 heteroatoms. The van der Waals surface area contributed by atoms with E-state index < -0.39 is 0 Å². The van der Waals surface area contributed by atoms with Crippen molar-refractivity contribution in [2.24, 2.45) is 11.8 Å². The number of para-hydroxylation sites is 2. The largest absolute Gasteiger partial charge is 0.353 e. The van der Waals surface area contributed by atoms with Crippen molar-refractivity contribution in [3.63, 3.8) is 0 Å². The molecule has 1 aromatic carbocycles. The van der Waals surface area contributed by atoms with Gasteiger partial charge in [-0.3, -0.25) is 9.59 Å². The molecule has 1 aliphatic carbocycles. The van der Waals surface area contributed by atoms with Crippen LogP contribution in [0.1, 0.15) is 46.0 Å². The molecule has 1 saturated carbocycles. The Kier molecular flexibility index (Phi) is 5.25. The van der Waals surface area contributed by atoms with Gasteiger partial charge < -0.3 is 14.3 Å². The highest BCUT2D eigenvalue weighted by atomic mass is 16.1. The summed E-state index contributed by atoms with van der Waals surface area (Å²) in [5, 5.41) is 3.23. The van der Waals surface area contributed by atoms with Crippen molar-refractivity contribution in [3.8, 4) is 0 Å². The van der Waals surface area contributed by atoms with E-state index >= 15 is 0 Å². The maximum atomic E-state index is 12.9. The van der Waals surface area contributed by atoms with Crippen molar-refractivity contribution in [3.05, 3.63) is 52.9 Å². The van der Waals surface area contributed by atoms with Gasteiger partial charge in [-0.15, -0.1) is 0 Å². The quantitative estimate of drug-likeness (QED) is 0.729. The zero-order valence-electron chi connectivity index (χ0n) is 16.7. The van der Waals surface area contributed by atoms with Crippen LogP contribution in [0.2, 0.25) is 0 Å². The van der Waals surface area contributed by atoms with Gasteiger partial charge in [-0.1, -0.05) is 38.8 Å². The number of rotatable bonds is 5. The lowest BCUT2D eigenvalue weighted by Gasteiger charge is -2.34. The molecule has 4 rings (SSSR count). The summed E-state index contributed by atoms with van der Waals surface area (Å²) in [6, 6.07) is 12.0. The third-order valence-electron chi connectivity index (χ3n) is 6.48. The molecule has 148 valence electrons. The van der Waals surface area contributed by atoms with Crippen molar-refractivity contribution in [1.82, 2.24) is 14.3 Å². The lowest BCUT2D eigenvalue weighted by atomic mass is 9.78. The number of nitrogens with zero attached hydrogens (tertiary/aromatic N) is 2. The molecule has 3 aromatic rings. The molecule has 0 unspecified atom stereocenters. The Labute approximate surface area is 165 Å². The average Bonchev–Trinajstić information content (AvgIpc) is 3.18. The van der Waals surface area contributed by atoms with Gasteiger partial charge in [0.15, 0.2) is 0 Å². The number of nitrogens with one attached hydrogen (secondary N) is 1. The predicted octanol–water partition coefficient (Wildman–Crippen LogP) is 3.98. The van der Waals surface area contributed by atoms with Gasteiger partial charge in [0.05, 0.1) is 11.0 Å². The molecule has 1 aliphatic rings. The van der Waals surface area contributed by atoms with Crippen LogP contribution in [0.3, 0.4) is 0 Å². The monoisotopic (exact) mass is 379 g/mol. The number of benzene rings is 1. The van der Waals surface area contributed by atoms with Gasteiger partial charge in [0.2, 0.25) is 5.91 Å². The minimum Gasteiger partial charge on any atom is -0.353 e. The number of aryl methyl sites for hydroxylation is 1. The van der Waals surface area contributed by atoms with Gasteiger partial charge in [-0.05, 0) is 48.9 Å². The summed E-state index contributed by atoms with van der Waals surface area (Å²) in [4.78, 5) is 25.4. The summed E-state index contributed by atoms with van der Waals surface area (Å²) in [5.41, 5.74) is 2.59. The lowest BCUT2D eigenvalue weighted by Crippen LogP contribution is -2.43. The summed E-state index contributed by atoms with van der Waals surface area (Å²) in [5.74, 6) is 1.30. The van der Waals surface area contributed by atoms with Crippen molar-refractivity contribution >= 4 is 22.5 Å². The molecular weight excluding hydrogens is 350 g/mol.